The van der Waals surface area contributed by atoms with E-state index in [1.54, 1.807) is 7.11 Å². The van der Waals surface area contributed by atoms with Crippen molar-refractivity contribution in [1.82, 2.24) is 10.3 Å². The van der Waals surface area contributed by atoms with Gasteiger partial charge in [-0.05, 0) is 37.1 Å². The molecular weight excluding hydrogens is 268 g/mol. The first-order valence-electron chi connectivity index (χ1n) is 7.23. The third-order valence-electron chi connectivity index (χ3n) is 4.28. The van der Waals surface area contributed by atoms with Crippen LogP contribution in [0.5, 0.6) is 5.75 Å². The van der Waals surface area contributed by atoms with Crippen molar-refractivity contribution < 1.29 is 4.74 Å². The van der Waals surface area contributed by atoms with Crippen molar-refractivity contribution >= 4 is 11.3 Å². The summed E-state index contributed by atoms with van der Waals surface area (Å²) >= 11 is 1.91. The smallest absolute Gasteiger partial charge is 0.119 e. The van der Waals surface area contributed by atoms with E-state index in [0.717, 1.165) is 25.3 Å². The normalized spacial score (nSPS) is 20.6. The summed E-state index contributed by atoms with van der Waals surface area (Å²) in [5.41, 5.74) is 3.85. The molecule has 20 heavy (non-hydrogen) atoms. The average molecular weight is 286 g/mol. The molecule has 1 aliphatic carbocycles. The Morgan fingerprint density at radius 1 is 1.40 bits per heavy atom. The molecule has 0 bridgehead atoms. The lowest BCUT2D eigenvalue weighted by atomic mass is 10.0. The zero-order valence-corrected chi connectivity index (χ0v) is 12.4. The van der Waals surface area contributed by atoms with Gasteiger partial charge in [-0.3, -0.25) is 0 Å². The summed E-state index contributed by atoms with van der Waals surface area (Å²) in [5.74, 6) is 1.53. The lowest BCUT2D eigenvalue weighted by molar-refractivity contribution is 0.415. The fourth-order valence-corrected chi connectivity index (χ4v) is 4.40. The van der Waals surface area contributed by atoms with Gasteiger partial charge in [0.1, 0.15) is 5.75 Å². The van der Waals surface area contributed by atoms with Crippen molar-refractivity contribution in [1.29, 1.82) is 0 Å². The van der Waals surface area contributed by atoms with Gasteiger partial charge in [0.2, 0.25) is 0 Å². The van der Waals surface area contributed by atoms with Gasteiger partial charge in [-0.2, -0.15) is 0 Å². The van der Waals surface area contributed by atoms with E-state index in [4.69, 9.17) is 9.72 Å². The van der Waals surface area contributed by atoms with E-state index in [1.807, 2.05) is 17.4 Å². The average Bonchev–Trinajstić information content (AvgIpc) is 3.05. The summed E-state index contributed by atoms with van der Waals surface area (Å²) in [5, 5.41) is 4.80. The summed E-state index contributed by atoms with van der Waals surface area (Å²) in [7, 11) is 1.72. The molecule has 0 radical (unpaired) electrons. The number of piperidine rings is 1. The Labute approximate surface area is 123 Å². The second-order valence-electron chi connectivity index (χ2n) is 5.57. The van der Waals surface area contributed by atoms with Gasteiger partial charge in [0.25, 0.3) is 0 Å². The second-order valence-corrected chi connectivity index (χ2v) is 6.68. The highest BCUT2D eigenvalue weighted by Gasteiger charge is 2.27. The summed E-state index contributed by atoms with van der Waals surface area (Å²) in [6, 6.07) is 6.34. The van der Waals surface area contributed by atoms with Crippen molar-refractivity contribution in [3.63, 3.8) is 0 Å². The molecular formula is C16H18N2OS. The van der Waals surface area contributed by atoms with Crippen molar-refractivity contribution in [3.05, 3.63) is 33.6 Å². The van der Waals surface area contributed by atoms with E-state index in [0.29, 0.717) is 5.92 Å². The van der Waals surface area contributed by atoms with Crippen LogP contribution in [0.15, 0.2) is 18.2 Å². The minimum absolute atomic E-state index is 0.605. The Balaban J connectivity index is 1.70. The van der Waals surface area contributed by atoms with E-state index in [2.05, 4.69) is 17.4 Å². The van der Waals surface area contributed by atoms with Crippen LogP contribution in [-0.4, -0.2) is 25.2 Å². The van der Waals surface area contributed by atoms with E-state index < -0.39 is 0 Å². The van der Waals surface area contributed by atoms with E-state index >= 15 is 0 Å². The van der Waals surface area contributed by atoms with Gasteiger partial charge in [-0.15, -0.1) is 11.3 Å². The van der Waals surface area contributed by atoms with Crippen LogP contribution in [0.4, 0.5) is 0 Å². The van der Waals surface area contributed by atoms with Gasteiger partial charge in [0.15, 0.2) is 0 Å². The summed E-state index contributed by atoms with van der Waals surface area (Å²) in [6.07, 6.45) is 3.57. The standard InChI is InChI=1S/C16H18N2OS/c1-19-12-5-4-10-7-14-15(13(10)8-12)18-16(20-14)11-3-2-6-17-9-11/h4-5,8,11,17H,2-3,6-7,9H2,1H3. The molecule has 3 nitrogen and oxygen atoms in total. The highest BCUT2D eigenvalue weighted by Crippen LogP contribution is 2.43. The summed E-state index contributed by atoms with van der Waals surface area (Å²) < 4.78 is 5.34. The predicted molar refractivity (Wildman–Crippen MR) is 81.8 cm³/mol. The predicted octanol–water partition coefficient (Wildman–Crippen LogP) is 3.19. The van der Waals surface area contributed by atoms with E-state index in [9.17, 15) is 0 Å². The number of benzene rings is 1. The molecule has 0 saturated carbocycles. The molecule has 2 aliphatic rings. The number of rotatable bonds is 2. The highest BCUT2D eigenvalue weighted by atomic mass is 32.1. The lowest BCUT2D eigenvalue weighted by Gasteiger charge is -2.20. The maximum atomic E-state index is 5.34. The maximum absolute atomic E-state index is 5.34. The van der Waals surface area contributed by atoms with Crippen LogP contribution in [-0.2, 0) is 6.42 Å². The number of ether oxygens (including phenoxy) is 1. The minimum Gasteiger partial charge on any atom is -0.497 e. The quantitative estimate of drug-likeness (QED) is 0.785. The third-order valence-corrected chi connectivity index (χ3v) is 5.50. The topological polar surface area (TPSA) is 34.1 Å². The maximum Gasteiger partial charge on any atom is 0.119 e. The monoisotopic (exact) mass is 286 g/mol. The van der Waals surface area contributed by atoms with Crippen LogP contribution in [0, 0.1) is 0 Å². The molecule has 2 aromatic rings. The number of aromatic nitrogens is 1. The first-order chi connectivity index (χ1) is 9.85. The van der Waals surface area contributed by atoms with Gasteiger partial charge in [-0.1, -0.05) is 6.07 Å². The number of methoxy groups -OCH3 is 1. The molecule has 1 atom stereocenters. The molecule has 1 saturated heterocycles. The number of nitrogens with one attached hydrogen (secondary N) is 1. The van der Waals surface area contributed by atoms with Gasteiger partial charge in [0.05, 0.1) is 17.8 Å². The van der Waals surface area contributed by atoms with Crippen LogP contribution in [0.3, 0.4) is 0 Å². The Morgan fingerprint density at radius 3 is 3.15 bits per heavy atom. The fraction of sp³-hybridized carbons (Fsp3) is 0.438. The molecule has 0 spiro atoms. The van der Waals surface area contributed by atoms with Gasteiger partial charge < -0.3 is 10.1 Å². The molecule has 2 heterocycles. The zero-order valence-electron chi connectivity index (χ0n) is 11.6. The molecule has 1 N–H and O–H groups in total. The van der Waals surface area contributed by atoms with Crippen LogP contribution in [0.1, 0.15) is 34.2 Å². The summed E-state index contributed by atoms with van der Waals surface area (Å²) in [6.45, 7) is 2.24. The summed E-state index contributed by atoms with van der Waals surface area (Å²) in [4.78, 5) is 6.38. The second kappa shape index (κ2) is 4.86. The SMILES string of the molecule is COc1ccc2c(c1)-c1nc(C3CCCNC3)sc1C2. The van der Waals surface area contributed by atoms with Crippen LogP contribution < -0.4 is 10.1 Å². The van der Waals surface area contributed by atoms with Crippen molar-refractivity contribution in [2.75, 3.05) is 20.2 Å². The van der Waals surface area contributed by atoms with Crippen molar-refractivity contribution in [2.45, 2.75) is 25.2 Å². The highest BCUT2D eigenvalue weighted by molar-refractivity contribution is 7.12. The van der Waals surface area contributed by atoms with Crippen molar-refractivity contribution in [2.24, 2.45) is 0 Å². The third kappa shape index (κ3) is 1.95. The molecule has 1 aromatic heterocycles. The molecule has 4 rings (SSSR count). The molecule has 104 valence electrons. The number of nitrogens with zero attached hydrogens (tertiary/aromatic N) is 1. The lowest BCUT2D eigenvalue weighted by Crippen LogP contribution is -2.28. The number of thiazole rings is 1. The first-order valence-corrected chi connectivity index (χ1v) is 8.04. The van der Waals surface area contributed by atoms with Crippen LogP contribution in [0.25, 0.3) is 11.3 Å². The van der Waals surface area contributed by atoms with Gasteiger partial charge >= 0.3 is 0 Å². The molecule has 4 heteroatoms. The van der Waals surface area contributed by atoms with Crippen LogP contribution >= 0.6 is 11.3 Å². The number of fused-ring (bicyclic) bond motifs is 3. The molecule has 1 aliphatic heterocycles. The first kappa shape index (κ1) is 12.4. The Morgan fingerprint density at radius 2 is 2.35 bits per heavy atom. The largest absolute Gasteiger partial charge is 0.497 e. The molecule has 1 aromatic carbocycles. The molecule has 1 fully saturated rings. The van der Waals surface area contributed by atoms with Crippen LogP contribution in [0.2, 0.25) is 0 Å². The molecule has 1 unspecified atom stereocenters. The fourth-order valence-electron chi connectivity index (χ4n) is 3.17. The Bertz CT molecular complexity index is 644. The van der Waals surface area contributed by atoms with E-state index in [1.165, 1.54) is 39.5 Å². The zero-order chi connectivity index (χ0) is 13.5. The van der Waals surface area contributed by atoms with Gasteiger partial charge in [0, 0.05) is 29.3 Å². The number of hydrogen-bond donors (Lipinski definition) is 1. The number of hydrogen-bond acceptors (Lipinski definition) is 4. The van der Waals surface area contributed by atoms with E-state index in [-0.39, 0.29) is 0 Å². The molecule has 0 amide bonds. The Kier molecular flexibility index (Phi) is 3.00. The Hall–Kier alpha value is -1.39. The van der Waals surface area contributed by atoms with Gasteiger partial charge in [-0.25, -0.2) is 4.98 Å². The van der Waals surface area contributed by atoms with Crippen molar-refractivity contribution in [3.8, 4) is 17.0 Å². The minimum atomic E-state index is 0.605.